The molecule has 0 unspecified atom stereocenters. The Bertz CT molecular complexity index is 923. The second-order valence-electron chi connectivity index (χ2n) is 6.30. The van der Waals surface area contributed by atoms with Crippen LogP contribution in [0.1, 0.15) is 21.5 Å². The van der Waals surface area contributed by atoms with Gasteiger partial charge in [-0.25, -0.2) is 4.98 Å². The van der Waals surface area contributed by atoms with E-state index in [4.69, 9.17) is 11.6 Å². The van der Waals surface area contributed by atoms with Gasteiger partial charge in [-0.1, -0.05) is 35.9 Å². The maximum atomic E-state index is 12.2. The van der Waals surface area contributed by atoms with Gasteiger partial charge in [0.05, 0.1) is 11.9 Å². The van der Waals surface area contributed by atoms with Gasteiger partial charge in [0, 0.05) is 23.7 Å². The van der Waals surface area contributed by atoms with E-state index in [1.165, 1.54) is 11.1 Å². The normalized spacial score (nSPS) is 13.2. The van der Waals surface area contributed by atoms with Crippen LogP contribution in [0.4, 0.5) is 11.5 Å². The van der Waals surface area contributed by atoms with Crippen molar-refractivity contribution in [1.82, 2.24) is 4.98 Å². The Labute approximate surface area is 157 Å². The SMILES string of the molecule is O=C(Nc1ccc(N2CCc3ccccc3C2)cn1)c1ccc(Cl)cc1. The summed E-state index contributed by atoms with van der Waals surface area (Å²) in [6, 6.07) is 19.2. The summed E-state index contributed by atoms with van der Waals surface area (Å²) in [6.07, 6.45) is 2.84. The maximum Gasteiger partial charge on any atom is 0.256 e. The highest BCUT2D eigenvalue weighted by Crippen LogP contribution is 2.24. The van der Waals surface area contributed by atoms with Crippen LogP contribution >= 0.6 is 11.6 Å². The lowest BCUT2D eigenvalue weighted by Gasteiger charge is -2.30. The third kappa shape index (κ3) is 3.55. The number of halogens is 1. The number of carbonyl (C=O) groups excluding carboxylic acids is 1. The minimum absolute atomic E-state index is 0.200. The van der Waals surface area contributed by atoms with E-state index in [-0.39, 0.29) is 5.91 Å². The van der Waals surface area contributed by atoms with Crippen molar-refractivity contribution in [3.8, 4) is 0 Å². The lowest BCUT2D eigenvalue weighted by atomic mass is 10.00. The number of fused-ring (bicyclic) bond motifs is 1. The van der Waals surface area contributed by atoms with Gasteiger partial charge in [-0.3, -0.25) is 4.79 Å². The van der Waals surface area contributed by atoms with E-state index in [0.717, 1.165) is 25.2 Å². The summed E-state index contributed by atoms with van der Waals surface area (Å²) < 4.78 is 0. The lowest BCUT2D eigenvalue weighted by Crippen LogP contribution is -2.30. The zero-order valence-corrected chi connectivity index (χ0v) is 14.9. The van der Waals surface area contributed by atoms with Gasteiger partial charge in [-0.15, -0.1) is 0 Å². The Kier molecular flexibility index (Phi) is 4.59. The summed E-state index contributed by atoms with van der Waals surface area (Å²) >= 11 is 5.85. The minimum atomic E-state index is -0.200. The molecule has 4 rings (SSSR count). The first-order chi connectivity index (χ1) is 12.7. The largest absolute Gasteiger partial charge is 0.366 e. The van der Waals surface area contributed by atoms with Crippen LogP contribution in [0, 0.1) is 0 Å². The summed E-state index contributed by atoms with van der Waals surface area (Å²) in [5, 5.41) is 3.42. The smallest absolute Gasteiger partial charge is 0.256 e. The second-order valence-corrected chi connectivity index (χ2v) is 6.74. The van der Waals surface area contributed by atoms with Crippen molar-refractivity contribution in [2.24, 2.45) is 0 Å². The minimum Gasteiger partial charge on any atom is -0.366 e. The van der Waals surface area contributed by atoms with Gasteiger partial charge in [0.15, 0.2) is 0 Å². The number of hydrogen-bond donors (Lipinski definition) is 1. The highest BCUT2D eigenvalue weighted by Gasteiger charge is 2.16. The van der Waals surface area contributed by atoms with E-state index in [9.17, 15) is 4.79 Å². The predicted molar refractivity (Wildman–Crippen MR) is 105 cm³/mol. The zero-order chi connectivity index (χ0) is 17.9. The molecule has 4 nitrogen and oxygen atoms in total. The van der Waals surface area contributed by atoms with E-state index in [0.29, 0.717) is 16.4 Å². The fraction of sp³-hybridized carbons (Fsp3) is 0.143. The molecule has 0 atom stereocenters. The van der Waals surface area contributed by atoms with Crippen molar-refractivity contribution >= 4 is 29.0 Å². The number of amides is 1. The van der Waals surface area contributed by atoms with Crippen LogP contribution in [0.5, 0.6) is 0 Å². The average Bonchev–Trinajstić information content (AvgIpc) is 2.68. The molecule has 0 aliphatic carbocycles. The van der Waals surface area contributed by atoms with Crippen molar-refractivity contribution in [2.75, 3.05) is 16.8 Å². The Balaban J connectivity index is 1.44. The van der Waals surface area contributed by atoms with E-state index in [1.807, 2.05) is 18.3 Å². The highest BCUT2D eigenvalue weighted by atomic mass is 35.5. The number of aromatic nitrogens is 1. The molecule has 26 heavy (non-hydrogen) atoms. The third-order valence-electron chi connectivity index (χ3n) is 4.59. The zero-order valence-electron chi connectivity index (χ0n) is 14.2. The number of carbonyl (C=O) groups is 1. The van der Waals surface area contributed by atoms with E-state index in [2.05, 4.69) is 39.5 Å². The topological polar surface area (TPSA) is 45.2 Å². The Hall–Kier alpha value is -2.85. The molecule has 2 heterocycles. The number of nitrogens with zero attached hydrogens (tertiary/aromatic N) is 2. The van der Waals surface area contributed by atoms with Gasteiger partial charge < -0.3 is 10.2 Å². The molecule has 1 amide bonds. The molecule has 1 aromatic heterocycles. The molecule has 1 aliphatic rings. The van der Waals surface area contributed by atoms with Crippen molar-refractivity contribution in [3.05, 3.63) is 88.6 Å². The first-order valence-electron chi connectivity index (χ1n) is 8.54. The van der Waals surface area contributed by atoms with Crippen LogP contribution in [-0.4, -0.2) is 17.4 Å². The van der Waals surface area contributed by atoms with Gasteiger partial charge in [0.2, 0.25) is 0 Å². The molecule has 0 saturated carbocycles. The maximum absolute atomic E-state index is 12.2. The molecule has 5 heteroatoms. The average molecular weight is 364 g/mol. The first-order valence-corrected chi connectivity index (χ1v) is 8.91. The van der Waals surface area contributed by atoms with Crippen LogP contribution in [0.15, 0.2) is 66.9 Å². The number of pyridine rings is 1. The number of rotatable bonds is 3. The molecular weight excluding hydrogens is 346 g/mol. The molecule has 1 aliphatic heterocycles. The van der Waals surface area contributed by atoms with Gasteiger partial charge in [-0.05, 0) is 53.9 Å². The Morgan fingerprint density at radius 2 is 1.77 bits per heavy atom. The summed E-state index contributed by atoms with van der Waals surface area (Å²) in [7, 11) is 0. The molecule has 2 aromatic carbocycles. The van der Waals surface area contributed by atoms with Crippen LogP contribution in [0.2, 0.25) is 5.02 Å². The van der Waals surface area contributed by atoms with Crippen LogP contribution < -0.4 is 10.2 Å². The fourth-order valence-electron chi connectivity index (χ4n) is 3.15. The van der Waals surface area contributed by atoms with Gasteiger partial charge in [0.1, 0.15) is 5.82 Å². The summed E-state index contributed by atoms with van der Waals surface area (Å²) in [5.41, 5.74) is 4.39. The second kappa shape index (κ2) is 7.18. The fourth-order valence-corrected chi connectivity index (χ4v) is 3.28. The molecule has 0 spiro atoms. The monoisotopic (exact) mass is 363 g/mol. The van der Waals surface area contributed by atoms with Crippen LogP contribution in [0.25, 0.3) is 0 Å². The summed E-state index contributed by atoms with van der Waals surface area (Å²) in [4.78, 5) is 18.9. The van der Waals surface area contributed by atoms with Crippen molar-refractivity contribution < 1.29 is 4.79 Å². The van der Waals surface area contributed by atoms with Gasteiger partial charge in [-0.2, -0.15) is 0 Å². The summed E-state index contributed by atoms with van der Waals surface area (Å²) in [5.74, 6) is 0.333. The highest BCUT2D eigenvalue weighted by molar-refractivity contribution is 6.30. The van der Waals surface area contributed by atoms with Gasteiger partial charge in [0.25, 0.3) is 5.91 Å². The number of hydrogen-bond acceptors (Lipinski definition) is 3. The molecular formula is C21H18ClN3O. The number of anilines is 2. The lowest BCUT2D eigenvalue weighted by molar-refractivity contribution is 0.102. The molecule has 0 fully saturated rings. The first kappa shape index (κ1) is 16.6. The quantitative estimate of drug-likeness (QED) is 0.742. The Morgan fingerprint density at radius 1 is 1.00 bits per heavy atom. The predicted octanol–water partition coefficient (Wildman–Crippen LogP) is 4.55. The van der Waals surface area contributed by atoms with Crippen LogP contribution in [-0.2, 0) is 13.0 Å². The molecule has 1 N–H and O–H groups in total. The summed E-state index contributed by atoms with van der Waals surface area (Å²) in [6.45, 7) is 1.85. The van der Waals surface area contributed by atoms with E-state index < -0.39 is 0 Å². The van der Waals surface area contributed by atoms with Crippen LogP contribution in [0.3, 0.4) is 0 Å². The molecule has 3 aromatic rings. The number of benzene rings is 2. The van der Waals surface area contributed by atoms with Crippen molar-refractivity contribution in [2.45, 2.75) is 13.0 Å². The molecule has 0 bridgehead atoms. The van der Waals surface area contributed by atoms with E-state index >= 15 is 0 Å². The van der Waals surface area contributed by atoms with Crippen molar-refractivity contribution in [1.29, 1.82) is 0 Å². The standard InChI is InChI=1S/C21H18ClN3O/c22-18-7-5-16(6-8-18)21(26)24-20-10-9-19(13-23-20)25-12-11-15-3-1-2-4-17(15)14-25/h1-10,13H,11-12,14H2,(H,23,24,26). The van der Waals surface area contributed by atoms with Gasteiger partial charge >= 0.3 is 0 Å². The van der Waals surface area contributed by atoms with Crippen molar-refractivity contribution in [3.63, 3.8) is 0 Å². The third-order valence-corrected chi connectivity index (χ3v) is 4.84. The molecule has 130 valence electrons. The van der Waals surface area contributed by atoms with E-state index in [1.54, 1.807) is 24.3 Å². The molecule has 0 radical (unpaired) electrons. The molecule has 0 saturated heterocycles. The Morgan fingerprint density at radius 3 is 2.50 bits per heavy atom. The number of nitrogens with one attached hydrogen (secondary N) is 1.